The highest BCUT2D eigenvalue weighted by Gasteiger charge is 2.15. The van der Waals surface area contributed by atoms with Crippen LogP contribution in [0.15, 0.2) is 47.6 Å². The molecule has 3 rings (SSSR count). The first-order valence-electron chi connectivity index (χ1n) is 9.93. The van der Waals surface area contributed by atoms with Crippen LogP contribution in [0.2, 0.25) is 0 Å². The van der Waals surface area contributed by atoms with Crippen molar-refractivity contribution in [1.82, 2.24) is 20.0 Å². The summed E-state index contributed by atoms with van der Waals surface area (Å²) in [6.07, 6.45) is 5.53. The number of ether oxygens (including phenoxy) is 1. The van der Waals surface area contributed by atoms with Crippen LogP contribution in [0.25, 0.3) is 5.69 Å². The van der Waals surface area contributed by atoms with Gasteiger partial charge in [-0.25, -0.2) is 9.67 Å². The summed E-state index contributed by atoms with van der Waals surface area (Å²) in [5.41, 5.74) is 2.03. The van der Waals surface area contributed by atoms with Crippen molar-refractivity contribution in [3.8, 4) is 5.69 Å². The Morgan fingerprint density at radius 1 is 1.25 bits per heavy atom. The van der Waals surface area contributed by atoms with Crippen LogP contribution < -0.4 is 5.32 Å². The van der Waals surface area contributed by atoms with Crippen molar-refractivity contribution < 1.29 is 4.74 Å². The molecule has 0 aliphatic carbocycles. The average molecular weight is 497 g/mol. The lowest BCUT2D eigenvalue weighted by Gasteiger charge is -2.26. The number of aliphatic imine (C=N–C) groups is 1. The zero-order valence-electron chi connectivity index (χ0n) is 16.9. The number of hydrogen-bond acceptors (Lipinski definition) is 3. The molecule has 7 heteroatoms. The molecule has 0 spiro atoms. The fourth-order valence-electron chi connectivity index (χ4n) is 3.31. The lowest BCUT2D eigenvalue weighted by molar-refractivity contribution is 0.0625. The van der Waals surface area contributed by atoms with Crippen molar-refractivity contribution in [3.63, 3.8) is 0 Å². The molecule has 1 aliphatic rings. The van der Waals surface area contributed by atoms with Crippen molar-refractivity contribution in [2.24, 2.45) is 10.9 Å². The summed E-state index contributed by atoms with van der Waals surface area (Å²) in [5, 5.41) is 8.04. The third-order valence-electron chi connectivity index (χ3n) is 4.97. The summed E-state index contributed by atoms with van der Waals surface area (Å²) in [7, 11) is 2.11. The van der Waals surface area contributed by atoms with Gasteiger partial charge in [0.05, 0.1) is 17.9 Å². The summed E-state index contributed by atoms with van der Waals surface area (Å²) < 4.78 is 7.35. The molecule has 0 amide bonds. The highest BCUT2D eigenvalue weighted by Crippen LogP contribution is 2.18. The Labute approximate surface area is 185 Å². The topological polar surface area (TPSA) is 54.7 Å². The van der Waals surface area contributed by atoms with E-state index in [1.54, 1.807) is 0 Å². The van der Waals surface area contributed by atoms with Gasteiger partial charge in [0.15, 0.2) is 5.96 Å². The molecule has 0 saturated carbocycles. The van der Waals surface area contributed by atoms with E-state index in [-0.39, 0.29) is 24.0 Å². The minimum Gasteiger partial charge on any atom is -0.381 e. The van der Waals surface area contributed by atoms with Gasteiger partial charge in [0.25, 0.3) is 0 Å². The summed E-state index contributed by atoms with van der Waals surface area (Å²) in [6.45, 7) is 6.36. The van der Waals surface area contributed by atoms with E-state index < -0.39 is 0 Å². The van der Waals surface area contributed by atoms with E-state index in [4.69, 9.17) is 9.73 Å². The Morgan fingerprint density at radius 2 is 2.00 bits per heavy atom. The molecule has 0 unspecified atom stereocenters. The van der Waals surface area contributed by atoms with Gasteiger partial charge in [0.2, 0.25) is 0 Å². The number of nitrogens with zero attached hydrogens (tertiary/aromatic N) is 4. The molecule has 1 aromatic heterocycles. The van der Waals surface area contributed by atoms with E-state index >= 15 is 0 Å². The zero-order chi connectivity index (χ0) is 18.9. The lowest BCUT2D eigenvalue weighted by atomic mass is 9.96. The molecule has 1 fully saturated rings. The van der Waals surface area contributed by atoms with Crippen LogP contribution in [-0.2, 0) is 11.3 Å². The maximum Gasteiger partial charge on any atom is 0.194 e. The third kappa shape index (κ3) is 6.77. The number of halogens is 1. The number of nitrogens with one attached hydrogen (secondary N) is 1. The highest BCUT2D eigenvalue weighted by atomic mass is 127. The fraction of sp³-hybridized carbons (Fsp3) is 0.524. The molecule has 0 radical (unpaired) electrons. The molecule has 1 aromatic carbocycles. The molecule has 0 atom stereocenters. The maximum absolute atomic E-state index is 5.46. The summed E-state index contributed by atoms with van der Waals surface area (Å²) in [5.74, 6) is 1.71. The van der Waals surface area contributed by atoms with Crippen LogP contribution in [0.3, 0.4) is 0 Å². The Hall–Kier alpha value is -1.61. The molecule has 154 valence electrons. The smallest absolute Gasteiger partial charge is 0.194 e. The van der Waals surface area contributed by atoms with Gasteiger partial charge in [-0.2, -0.15) is 5.10 Å². The highest BCUT2D eigenvalue weighted by molar-refractivity contribution is 14.0. The molecule has 28 heavy (non-hydrogen) atoms. The summed E-state index contributed by atoms with van der Waals surface area (Å²) in [6, 6.07) is 12.2. The average Bonchev–Trinajstić information content (AvgIpc) is 3.20. The van der Waals surface area contributed by atoms with Gasteiger partial charge in [-0.05, 0) is 50.3 Å². The first kappa shape index (κ1) is 22.7. The van der Waals surface area contributed by atoms with Crippen LogP contribution in [0, 0.1) is 5.92 Å². The van der Waals surface area contributed by atoms with Gasteiger partial charge in [-0.15, -0.1) is 24.0 Å². The number of aromatic nitrogens is 2. The molecule has 0 bridgehead atoms. The first-order chi connectivity index (χ1) is 13.3. The van der Waals surface area contributed by atoms with E-state index in [1.807, 2.05) is 47.3 Å². The van der Waals surface area contributed by atoms with E-state index in [1.165, 1.54) is 19.3 Å². The van der Waals surface area contributed by atoms with Crippen LogP contribution >= 0.6 is 24.0 Å². The summed E-state index contributed by atoms with van der Waals surface area (Å²) in [4.78, 5) is 7.01. The molecule has 2 heterocycles. The predicted octanol–water partition coefficient (Wildman–Crippen LogP) is 3.70. The maximum atomic E-state index is 5.46. The van der Waals surface area contributed by atoms with Gasteiger partial charge in [0, 0.05) is 39.5 Å². The molecule has 2 aromatic rings. The molecule has 1 N–H and O–H groups in total. The molecule has 6 nitrogen and oxygen atoms in total. The van der Waals surface area contributed by atoms with Crippen molar-refractivity contribution in [3.05, 3.63) is 48.3 Å². The van der Waals surface area contributed by atoms with Crippen molar-refractivity contribution >= 4 is 29.9 Å². The normalized spacial score (nSPS) is 15.1. The largest absolute Gasteiger partial charge is 0.381 e. The number of hydrogen-bond donors (Lipinski definition) is 1. The SMILES string of the molecule is CCNC(=NCc1ccn(-c2ccccc2)n1)N(C)CCC1CCOCC1.I. The van der Waals surface area contributed by atoms with Crippen LogP contribution in [0.1, 0.15) is 31.9 Å². The Bertz CT molecular complexity index is 713. The molecule has 1 saturated heterocycles. The van der Waals surface area contributed by atoms with Gasteiger partial charge >= 0.3 is 0 Å². The number of guanidine groups is 1. The predicted molar refractivity (Wildman–Crippen MR) is 125 cm³/mol. The van der Waals surface area contributed by atoms with E-state index in [2.05, 4.69) is 29.3 Å². The lowest BCUT2D eigenvalue weighted by Crippen LogP contribution is -2.40. The van der Waals surface area contributed by atoms with E-state index in [9.17, 15) is 0 Å². The third-order valence-corrected chi connectivity index (χ3v) is 4.97. The number of benzene rings is 1. The summed E-state index contributed by atoms with van der Waals surface area (Å²) >= 11 is 0. The number of rotatable bonds is 7. The van der Waals surface area contributed by atoms with Crippen molar-refractivity contribution in [2.75, 3.05) is 33.4 Å². The van der Waals surface area contributed by atoms with Crippen molar-refractivity contribution in [1.29, 1.82) is 0 Å². The van der Waals surface area contributed by atoms with Crippen LogP contribution in [-0.4, -0.2) is 54.0 Å². The minimum atomic E-state index is 0. The quantitative estimate of drug-likeness (QED) is 0.360. The first-order valence-corrected chi connectivity index (χ1v) is 9.93. The van der Waals surface area contributed by atoms with Crippen molar-refractivity contribution in [2.45, 2.75) is 32.7 Å². The zero-order valence-corrected chi connectivity index (χ0v) is 19.2. The molecular weight excluding hydrogens is 465 g/mol. The van der Waals surface area contributed by atoms with E-state index in [0.29, 0.717) is 6.54 Å². The van der Waals surface area contributed by atoms with Crippen LogP contribution in [0.5, 0.6) is 0 Å². The van der Waals surface area contributed by atoms with Gasteiger partial charge in [-0.1, -0.05) is 18.2 Å². The van der Waals surface area contributed by atoms with Crippen LogP contribution in [0.4, 0.5) is 0 Å². The molecule has 1 aliphatic heterocycles. The Kier molecular flexibility index (Phi) is 9.77. The van der Waals surface area contributed by atoms with Gasteiger partial charge < -0.3 is 15.0 Å². The second kappa shape index (κ2) is 12.1. The van der Waals surface area contributed by atoms with E-state index in [0.717, 1.165) is 49.6 Å². The van der Waals surface area contributed by atoms with Gasteiger partial charge in [-0.3, -0.25) is 0 Å². The Balaban J connectivity index is 0.00000280. The molecular formula is C21H32IN5O. The van der Waals surface area contributed by atoms with Gasteiger partial charge in [0.1, 0.15) is 0 Å². The monoisotopic (exact) mass is 497 g/mol. The fourth-order valence-corrected chi connectivity index (χ4v) is 3.31. The minimum absolute atomic E-state index is 0. The standard InChI is InChI=1S/C21H31N5O.HI/c1-3-22-21(25(2)13-9-18-11-15-27-16-12-18)23-17-19-10-14-26(24-19)20-7-5-4-6-8-20;/h4-8,10,14,18H,3,9,11-13,15-17H2,1-2H3,(H,22,23);1H. The Morgan fingerprint density at radius 3 is 2.71 bits per heavy atom. The second-order valence-electron chi connectivity index (χ2n) is 7.02. The number of para-hydroxylation sites is 1. The second-order valence-corrected chi connectivity index (χ2v) is 7.02.